The molecular formula is C23H17ClFN3O3S2. The van der Waals surface area contributed by atoms with Gasteiger partial charge in [-0.1, -0.05) is 65.0 Å². The molecule has 1 aliphatic rings. The lowest BCUT2D eigenvalue weighted by molar-refractivity contribution is -0.124. The minimum absolute atomic E-state index is 0.0778. The Morgan fingerprint density at radius 2 is 1.94 bits per heavy atom. The molecule has 2 aromatic carbocycles. The molecule has 2 heterocycles. The zero-order chi connectivity index (χ0) is 23.4. The van der Waals surface area contributed by atoms with Gasteiger partial charge in [0.2, 0.25) is 5.91 Å². The molecule has 1 aromatic heterocycles. The Labute approximate surface area is 203 Å². The second kappa shape index (κ2) is 10.3. The van der Waals surface area contributed by atoms with Crippen molar-refractivity contribution in [2.45, 2.75) is 13.0 Å². The molecule has 10 heteroatoms. The van der Waals surface area contributed by atoms with Gasteiger partial charge in [0.05, 0.1) is 11.4 Å². The molecule has 168 valence electrons. The normalized spacial score (nSPS) is 14.8. The van der Waals surface area contributed by atoms with E-state index in [9.17, 15) is 14.0 Å². The van der Waals surface area contributed by atoms with Crippen LogP contribution in [0.25, 0.3) is 17.3 Å². The highest BCUT2D eigenvalue weighted by Crippen LogP contribution is 2.32. The summed E-state index contributed by atoms with van der Waals surface area (Å²) in [5.41, 5.74) is 2.19. The maximum absolute atomic E-state index is 13.1. The van der Waals surface area contributed by atoms with Crippen molar-refractivity contribution >= 4 is 57.8 Å². The molecule has 0 atom stereocenters. The first-order valence-corrected chi connectivity index (χ1v) is 11.5. The first-order valence-electron chi connectivity index (χ1n) is 9.88. The van der Waals surface area contributed by atoms with Crippen LogP contribution in [0, 0.1) is 5.82 Å². The van der Waals surface area contributed by atoms with Gasteiger partial charge in [-0.2, -0.15) is 0 Å². The second-order valence-corrected chi connectivity index (χ2v) is 9.21. The Morgan fingerprint density at radius 1 is 1.21 bits per heavy atom. The number of amides is 2. The molecular weight excluding hydrogens is 485 g/mol. The van der Waals surface area contributed by atoms with Crippen molar-refractivity contribution in [3.8, 4) is 11.3 Å². The highest BCUT2D eigenvalue weighted by Gasteiger charge is 2.32. The summed E-state index contributed by atoms with van der Waals surface area (Å²) in [6, 6.07) is 14.7. The van der Waals surface area contributed by atoms with E-state index in [1.807, 2.05) is 12.1 Å². The monoisotopic (exact) mass is 501 g/mol. The number of thiocarbonyl (C=S) groups is 1. The van der Waals surface area contributed by atoms with E-state index in [1.54, 1.807) is 36.4 Å². The Morgan fingerprint density at radius 3 is 2.67 bits per heavy atom. The third-order valence-corrected chi connectivity index (χ3v) is 6.39. The van der Waals surface area contributed by atoms with Crippen molar-refractivity contribution < 1.29 is 18.5 Å². The number of carbonyl (C=O) groups excluding carboxylic acids is 2. The molecule has 0 radical (unpaired) electrons. The maximum atomic E-state index is 13.1. The number of hydrogen-bond acceptors (Lipinski definition) is 6. The van der Waals surface area contributed by atoms with Gasteiger partial charge in [0, 0.05) is 29.6 Å². The van der Waals surface area contributed by atoms with Crippen molar-refractivity contribution in [2.24, 2.45) is 0 Å². The fourth-order valence-electron chi connectivity index (χ4n) is 3.04. The summed E-state index contributed by atoms with van der Waals surface area (Å²) in [5.74, 6) is -0.376. The number of hydrogen-bond donors (Lipinski definition) is 1. The number of rotatable bonds is 7. The lowest BCUT2D eigenvalue weighted by Crippen LogP contribution is -2.33. The van der Waals surface area contributed by atoms with Crippen molar-refractivity contribution in [3.05, 3.63) is 81.7 Å². The number of carbonyl (C=O) groups is 2. The predicted octanol–water partition coefficient (Wildman–Crippen LogP) is 5.04. The van der Waals surface area contributed by atoms with Crippen LogP contribution in [-0.4, -0.2) is 32.7 Å². The zero-order valence-corrected chi connectivity index (χ0v) is 19.5. The van der Waals surface area contributed by atoms with Crippen LogP contribution in [0.1, 0.15) is 17.7 Å². The van der Waals surface area contributed by atoms with Crippen LogP contribution in [0.2, 0.25) is 5.02 Å². The zero-order valence-electron chi connectivity index (χ0n) is 17.1. The van der Waals surface area contributed by atoms with E-state index in [4.69, 9.17) is 28.3 Å². The average Bonchev–Trinajstić information content (AvgIpc) is 3.38. The Hall–Kier alpha value is -3.01. The minimum atomic E-state index is -0.350. The highest BCUT2D eigenvalue weighted by atomic mass is 35.5. The van der Waals surface area contributed by atoms with Gasteiger partial charge in [0.25, 0.3) is 5.91 Å². The second-order valence-electron chi connectivity index (χ2n) is 7.10. The summed E-state index contributed by atoms with van der Waals surface area (Å²) in [6.07, 6.45) is 1.73. The standard InChI is InChI=1S/C23H17ClFN3O3S2/c24-16-5-3-15(4-6-16)19-12-18(31-27-19)13-26-21(29)9-10-28-22(30)20(33-23(28)32)11-14-1-7-17(25)8-2-14/h1-8,11-12H,9-10,13H2,(H,26,29)/b20-11-. The lowest BCUT2D eigenvalue weighted by atomic mass is 10.1. The number of aromatic nitrogens is 1. The summed E-state index contributed by atoms with van der Waals surface area (Å²) < 4.78 is 18.7. The number of benzene rings is 2. The predicted molar refractivity (Wildman–Crippen MR) is 130 cm³/mol. The van der Waals surface area contributed by atoms with Gasteiger partial charge < -0.3 is 9.84 Å². The van der Waals surface area contributed by atoms with Gasteiger partial charge in [-0.3, -0.25) is 14.5 Å². The minimum Gasteiger partial charge on any atom is -0.359 e. The lowest BCUT2D eigenvalue weighted by Gasteiger charge is -2.13. The molecule has 3 aromatic rings. The van der Waals surface area contributed by atoms with Crippen LogP contribution in [0.15, 0.2) is 64.0 Å². The van der Waals surface area contributed by atoms with E-state index in [0.717, 1.165) is 17.3 Å². The summed E-state index contributed by atoms with van der Waals surface area (Å²) in [4.78, 5) is 26.8. The molecule has 1 saturated heterocycles. The molecule has 33 heavy (non-hydrogen) atoms. The Balaban J connectivity index is 1.28. The molecule has 0 aliphatic carbocycles. The fraction of sp³-hybridized carbons (Fsp3) is 0.130. The third kappa shape index (κ3) is 5.87. The molecule has 1 fully saturated rings. The summed E-state index contributed by atoms with van der Waals surface area (Å²) >= 11 is 12.3. The third-order valence-electron chi connectivity index (χ3n) is 4.76. The average molecular weight is 502 g/mol. The van der Waals surface area contributed by atoms with Crippen LogP contribution in [0.4, 0.5) is 4.39 Å². The summed E-state index contributed by atoms with van der Waals surface area (Å²) in [6.45, 7) is 0.325. The van der Waals surface area contributed by atoms with E-state index >= 15 is 0 Å². The van der Waals surface area contributed by atoms with Crippen molar-refractivity contribution in [1.29, 1.82) is 0 Å². The molecule has 1 aliphatic heterocycles. The molecule has 6 nitrogen and oxygen atoms in total. The topological polar surface area (TPSA) is 75.4 Å². The molecule has 0 spiro atoms. The molecule has 0 bridgehead atoms. The quantitative estimate of drug-likeness (QED) is 0.361. The number of halogens is 2. The van der Waals surface area contributed by atoms with E-state index in [2.05, 4.69) is 10.5 Å². The van der Waals surface area contributed by atoms with Crippen molar-refractivity contribution in [3.63, 3.8) is 0 Å². The van der Waals surface area contributed by atoms with E-state index in [0.29, 0.717) is 31.3 Å². The van der Waals surface area contributed by atoms with Gasteiger partial charge in [0.15, 0.2) is 5.76 Å². The largest absolute Gasteiger partial charge is 0.359 e. The number of nitrogens with zero attached hydrogens (tertiary/aromatic N) is 2. The fourth-order valence-corrected chi connectivity index (χ4v) is 4.48. The van der Waals surface area contributed by atoms with E-state index in [1.165, 1.54) is 17.0 Å². The Kier molecular flexibility index (Phi) is 7.22. The summed E-state index contributed by atoms with van der Waals surface area (Å²) in [5, 5.41) is 7.38. The van der Waals surface area contributed by atoms with Crippen LogP contribution in [0.5, 0.6) is 0 Å². The Bertz CT molecular complexity index is 1230. The van der Waals surface area contributed by atoms with E-state index in [-0.39, 0.29) is 37.1 Å². The highest BCUT2D eigenvalue weighted by molar-refractivity contribution is 8.26. The van der Waals surface area contributed by atoms with Crippen LogP contribution in [0.3, 0.4) is 0 Å². The molecule has 0 saturated carbocycles. The molecule has 1 N–H and O–H groups in total. The van der Waals surface area contributed by atoms with Crippen LogP contribution >= 0.6 is 35.6 Å². The van der Waals surface area contributed by atoms with Crippen molar-refractivity contribution in [1.82, 2.24) is 15.4 Å². The van der Waals surface area contributed by atoms with Gasteiger partial charge in [-0.05, 0) is 35.9 Å². The SMILES string of the molecule is O=C(CCN1C(=O)/C(=C/c2ccc(F)cc2)SC1=S)NCc1cc(-c2ccc(Cl)cc2)no1. The van der Waals surface area contributed by atoms with Gasteiger partial charge >= 0.3 is 0 Å². The first kappa shape index (κ1) is 23.2. The molecule has 2 amide bonds. The van der Waals surface area contributed by atoms with Gasteiger partial charge in [-0.15, -0.1) is 0 Å². The molecule has 0 unspecified atom stereocenters. The van der Waals surface area contributed by atoms with E-state index < -0.39 is 0 Å². The number of nitrogens with one attached hydrogen (secondary N) is 1. The van der Waals surface area contributed by atoms with Crippen LogP contribution in [-0.2, 0) is 16.1 Å². The van der Waals surface area contributed by atoms with Gasteiger partial charge in [0.1, 0.15) is 15.8 Å². The molecule has 4 rings (SSSR count). The van der Waals surface area contributed by atoms with Gasteiger partial charge in [-0.25, -0.2) is 4.39 Å². The van der Waals surface area contributed by atoms with Crippen LogP contribution < -0.4 is 5.32 Å². The maximum Gasteiger partial charge on any atom is 0.266 e. The smallest absolute Gasteiger partial charge is 0.266 e. The summed E-state index contributed by atoms with van der Waals surface area (Å²) in [7, 11) is 0. The first-order chi connectivity index (χ1) is 15.9. The van der Waals surface area contributed by atoms with Crippen molar-refractivity contribution in [2.75, 3.05) is 6.54 Å². The number of thioether (sulfide) groups is 1.